The number of hydrogen-bond donors (Lipinski definition) is 1. The average molecular weight is 223 g/mol. The topological polar surface area (TPSA) is 56.5 Å². The number of esters is 1. The van der Waals surface area contributed by atoms with Crippen LogP contribution in [0.5, 0.6) is 0 Å². The summed E-state index contributed by atoms with van der Waals surface area (Å²) >= 11 is 4.12. The molecule has 2 heterocycles. The van der Waals surface area contributed by atoms with Crippen molar-refractivity contribution in [2.45, 2.75) is 5.75 Å². The summed E-state index contributed by atoms with van der Waals surface area (Å²) in [6, 6.07) is 3.40. The first-order chi connectivity index (χ1) is 7.27. The van der Waals surface area contributed by atoms with Crippen LogP contribution in [0.25, 0.3) is 5.65 Å². The quantitative estimate of drug-likeness (QED) is 0.608. The fourth-order valence-electron chi connectivity index (χ4n) is 1.34. The summed E-state index contributed by atoms with van der Waals surface area (Å²) in [6.07, 6.45) is 1.79. The first-order valence-corrected chi connectivity index (χ1v) is 4.93. The number of carbonyl (C=O) groups is 1. The molecule has 15 heavy (non-hydrogen) atoms. The lowest BCUT2D eigenvalue weighted by Gasteiger charge is -2.00. The van der Waals surface area contributed by atoms with Crippen LogP contribution in [0, 0.1) is 0 Å². The average Bonchev–Trinajstić information content (AvgIpc) is 2.70. The Balaban J connectivity index is 2.67. The van der Waals surface area contributed by atoms with Crippen molar-refractivity contribution in [1.29, 1.82) is 0 Å². The molecule has 0 bridgehead atoms. The normalized spacial score (nSPS) is 10.5. The fourth-order valence-corrected chi connectivity index (χ4v) is 1.56. The monoisotopic (exact) mass is 223 g/mol. The number of nitrogens with zero attached hydrogens (tertiary/aromatic N) is 3. The summed E-state index contributed by atoms with van der Waals surface area (Å²) in [7, 11) is 1.34. The van der Waals surface area contributed by atoms with E-state index in [2.05, 4.69) is 27.6 Å². The Morgan fingerprint density at radius 3 is 3.07 bits per heavy atom. The Hall–Kier alpha value is -1.56. The van der Waals surface area contributed by atoms with Crippen LogP contribution in [0.15, 0.2) is 18.3 Å². The highest BCUT2D eigenvalue weighted by Crippen LogP contribution is 2.12. The first kappa shape index (κ1) is 9.97. The molecule has 0 aliphatic carbocycles. The summed E-state index contributed by atoms with van der Waals surface area (Å²) < 4.78 is 6.37. The predicted molar refractivity (Wildman–Crippen MR) is 57.0 cm³/mol. The Bertz CT molecular complexity index is 509. The minimum Gasteiger partial charge on any atom is -0.465 e. The van der Waals surface area contributed by atoms with E-state index in [0.717, 1.165) is 0 Å². The molecular formula is C9H9N3O2S. The highest BCUT2D eigenvalue weighted by Gasteiger charge is 2.14. The maximum atomic E-state index is 11.4. The molecule has 2 rings (SSSR count). The number of hydrogen-bond acceptors (Lipinski definition) is 5. The highest BCUT2D eigenvalue weighted by molar-refractivity contribution is 7.79. The molecule has 2 aromatic rings. The predicted octanol–water partition coefficient (Wildman–Crippen LogP) is 0.946. The molecule has 0 fully saturated rings. The number of aromatic nitrogens is 3. The molecule has 0 spiro atoms. The Labute approximate surface area is 91.5 Å². The van der Waals surface area contributed by atoms with Crippen molar-refractivity contribution in [1.82, 2.24) is 14.6 Å². The van der Waals surface area contributed by atoms with Gasteiger partial charge in [-0.15, -0.1) is 10.2 Å². The fraction of sp³-hybridized carbons (Fsp3) is 0.222. The lowest BCUT2D eigenvalue weighted by molar-refractivity contribution is 0.0602. The van der Waals surface area contributed by atoms with E-state index in [0.29, 0.717) is 22.8 Å². The van der Waals surface area contributed by atoms with E-state index >= 15 is 0 Å². The third-order valence-corrected chi connectivity index (χ3v) is 2.33. The second kappa shape index (κ2) is 3.90. The van der Waals surface area contributed by atoms with Gasteiger partial charge in [0.15, 0.2) is 5.65 Å². The molecule has 0 unspecified atom stereocenters. The minimum atomic E-state index is -0.418. The Morgan fingerprint density at radius 2 is 2.40 bits per heavy atom. The SMILES string of the molecule is COC(=O)c1cccn2c(CS)nnc12. The van der Waals surface area contributed by atoms with Crippen molar-refractivity contribution >= 4 is 24.2 Å². The van der Waals surface area contributed by atoms with Crippen molar-refractivity contribution < 1.29 is 9.53 Å². The third kappa shape index (κ3) is 1.56. The number of carbonyl (C=O) groups excluding carboxylic acids is 1. The van der Waals surface area contributed by atoms with Crippen LogP contribution in [0.1, 0.15) is 16.2 Å². The van der Waals surface area contributed by atoms with Gasteiger partial charge in [-0.25, -0.2) is 4.79 Å². The van der Waals surface area contributed by atoms with Crippen LogP contribution in [0.4, 0.5) is 0 Å². The molecule has 5 nitrogen and oxygen atoms in total. The summed E-state index contributed by atoms with van der Waals surface area (Å²) in [5.41, 5.74) is 0.897. The van der Waals surface area contributed by atoms with Gasteiger partial charge in [0.05, 0.1) is 12.9 Å². The standard InChI is InChI=1S/C9H9N3O2S/c1-14-9(13)6-3-2-4-12-7(5-15)10-11-8(6)12/h2-4,15H,5H2,1H3. The number of fused-ring (bicyclic) bond motifs is 1. The van der Waals surface area contributed by atoms with Crippen LogP contribution in [-0.2, 0) is 10.5 Å². The molecule has 0 saturated carbocycles. The number of rotatable bonds is 2. The van der Waals surface area contributed by atoms with E-state index in [-0.39, 0.29) is 0 Å². The van der Waals surface area contributed by atoms with E-state index in [4.69, 9.17) is 0 Å². The van der Waals surface area contributed by atoms with Gasteiger partial charge < -0.3 is 4.74 Å². The molecule has 0 N–H and O–H groups in total. The maximum absolute atomic E-state index is 11.4. The molecule has 6 heteroatoms. The van der Waals surface area contributed by atoms with E-state index in [9.17, 15) is 4.79 Å². The minimum absolute atomic E-state index is 0.403. The van der Waals surface area contributed by atoms with Crippen LogP contribution >= 0.6 is 12.6 Å². The number of ether oxygens (including phenoxy) is 1. The number of pyridine rings is 1. The molecule has 2 aromatic heterocycles. The van der Waals surface area contributed by atoms with Crippen molar-refractivity contribution in [2.24, 2.45) is 0 Å². The number of thiol groups is 1. The van der Waals surface area contributed by atoms with Crippen molar-refractivity contribution in [2.75, 3.05) is 7.11 Å². The molecule has 0 aliphatic heterocycles. The van der Waals surface area contributed by atoms with Crippen LogP contribution in [-0.4, -0.2) is 27.7 Å². The molecular weight excluding hydrogens is 214 g/mol. The van der Waals surface area contributed by atoms with E-state index < -0.39 is 5.97 Å². The molecule has 0 aliphatic rings. The van der Waals surface area contributed by atoms with E-state index in [1.165, 1.54) is 7.11 Å². The van der Waals surface area contributed by atoms with E-state index in [1.54, 1.807) is 22.7 Å². The van der Waals surface area contributed by atoms with Gasteiger partial charge in [-0.05, 0) is 12.1 Å². The van der Waals surface area contributed by atoms with E-state index in [1.807, 2.05) is 0 Å². The van der Waals surface area contributed by atoms with Gasteiger partial charge in [0.1, 0.15) is 11.4 Å². The van der Waals surface area contributed by atoms with Crippen molar-refractivity contribution in [3.05, 3.63) is 29.7 Å². The van der Waals surface area contributed by atoms with Gasteiger partial charge in [-0.3, -0.25) is 4.40 Å². The van der Waals surface area contributed by atoms with Crippen LogP contribution < -0.4 is 0 Å². The molecule has 0 radical (unpaired) electrons. The van der Waals surface area contributed by atoms with Crippen LogP contribution in [0.2, 0.25) is 0 Å². The summed E-state index contributed by atoms with van der Waals surface area (Å²) in [5, 5.41) is 7.84. The third-order valence-electron chi connectivity index (χ3n) is 2.05. The Kier molecular flexibility index (Phi) is 2.59. The first-order valence-electron chi connectivity index (χ1n) is 4.29. The van der Waals surface area contributed by atoms with Crippen molar-refractivity contribution in [3.63, 3.8) is 0 Å². The zero-order valence-corrected chi connectivity index (χ0v) is 8.94. The zero-order chi connectivity index (χ0) is 10.8. The lowest BCUT2D eigenvalue weighted by atomic mass is 10.3. The Morgan fingerprint density at radius 1 is 1.60 bits per heavy atom. The molecule has 0 atom stereocenters. The summed E-state index contributed by atoms with van der Waals surface area (Å²) in [6.45, 7) is 0. The van der Waals surface area contributed by atoms with Gasteiger partial charge in [0.25, 0.3) is 0 Å². The van der Waals surface area contributed by atoms with Gasteiger partial charge in [-0.1, -0.05) is 0 Å². The highest BCUT2D eigenvalue weighted by atomic mass is 32.1. The van der Waals surface area contributed by atoms with Gasteiger partial charge in [0, 0.05) is 6.20 Å². The van der Waals surface area contributed by atoms with Crippen LogP contribution in [0.3, 0.4) is 0 Å². The molecule has 78 valence electrons. The lowest BCUT2D eigenvalue weighted by Crippen LogP contribution is -2.04. The zero-order valence-electron chi connectivity index (χ0n) is 8.04. The maximum Gasteiger partial charge on any atom is 0.341 e. The second-order valence-electron chi connectivity index (χ2n) is 2.88. The van der Waals surface area contributed by atoms with Gasteiger partial charge in [-0.2, -0.15) is 12.6 Å². The summed E-state index contributed by atoms with van der Waals surface area (Å²) in [4.78, 5) is 11.4. The molecule has 0 amide bonds. The second-order valence-corrected chi connectivity index (χ2v) is 3.20. The molecule has 0 saturated heterocycles. The largest absolute Gasteiger partial charge is 0.465 e. The number of methoxy groups -OCH3 is 1. The van der Waals surface area contributed by atoms with Gasteiger partial charge in [0.2, 0.25) is 0 Å². The van der Waals surface area contributed by atoms with Gasteiger partial charge >= 0.3 is 5.97 Å². The summed E-state index contributed by atoms with van der Waals surface area (Å²) in [5.74, 6) is 0.740. The molecule has 0 aromatic carbocycles. The van der Waals surface area contributed by atoms with Crippen molar-refractivity contribution in [3.8, 4) is 0 Å². The smallest absolute Gasteiger partial charge is 0.341 e.